The number of nitrogens with one attached hydrogen (secondary N) is 1. The van der Waals surface area contributed by atoms with Crippen LogP contribution < -0.4 is 5.43 Å². The molecule has 0 aliphatic heterocycles. The van der Waals surface area contributed by atoms with Gasteiger partial charge in [0.2, 0.25) is 0 Å². The molecule has 0 radical (unpaired) electrons. The van der Waals surface area contributed by atoms with Crippen LogP contribution in [0.5, 0.6) is 5.75 Å². The SMILES string of the molecule is O=C(N/N=C\c1cc(Br)ccc1O)c1cccc(I)c1. The van der Waals surface area contributed by atoms with E-state index in [9.17, 15) is 9.90 Å². The summed E-state index contributed by atoms with van der Waals surface area (Å²) in [4.78, 5) is 11.8. The number of carbonyl (C=O) groups excluding carboxylic acids is 1. The topological polar surface area (TPSA) is 61.7 Å². The number of benzene rings is 2. The summed E-state index contributed by atoms with van der Waals surface area (Å²) in [5, 5.41) is 13.5. The Balaban J connectivity index is 2.06. The normalized spacial score (nSPS) is 10.7. The molecule has 6 heteroatoms. The molecule has 4 nitrogen and oxygen atoms in total. The molecular weight excluding hydrogens is 435 g/mol. The Bertz CT molecular complexity index is 674. The van der Waals surface area contributed by atoms with E-state index in [1.54, 1.807) is 36.4 Å². The quantitative estimate of drug-likeness (QED) is 0.432. The molecule has 2 N–H and O–H groups in total. The Kier molecular flexibility index (Phi) is 5.13. The number of carbonyl (C=O) groups is 1. The maximum Gasteiger partial charge on any atom is 0.271 e. The third kappa shape index (κ3) is 4.04. The number of halogens is 2. The van der Waals surface area contributed by atoms with Crippen LogP contribution in [0.3, 0.4) is 0 Å². The van der Waals surface area contributed by atoms with Gasteiger partial charge in [-0.2, -0.15) is 5.10 Å². The fraction of sp³-hybridized carbons (Fsp3) is 0. The lowest BCUT2D eigenvalue weighted by molar-refractivity contribution is 0.0955. The summed E-state index contributed by atoms with van der Waals surface area (Å²) in [6.45, 7) is 0. The van der Waals surface area contributed by atoms with Gasteiger partial charge in [-0.05, 0) is 59.0 Å². The first kappa shape index (κ1) is 15.0. The van der Waals surface area contributed by atoms with Crippen LogP contribution in [-0.4, -0.2) is 17.2 Å². The van der Waals surface area contributed by atoms with Gasteiger partial charge < -0.3 is 5.11 Å². The summed E-state index contributed by atoms with van der Waals surface area (Å²) in [6.07, 6.45) is 1.39. The minimum Gasteiger partial charge on any atom is -0.507 e. The number of hydrazone groups is 1. The third-order valence-electron chi connectivity index (χ3n) is 2.45. The molecule has 0 atom stereocenters. The Morgan fingerprint density at radius 1 is 1.30 bits per heavy atom. The van der Waals surface area contributed by atoms with E-state index in [4.69, 9.17) is 0 Å². The first-order chi connectivity index (χ1) is 9.56. The van der Waals surface area contributed by atoms with Gasteiger partial charge in [0, 0.05) is 19.2 Å². The fourth-order valence-corrected chi connectivity index (χ4v) is 2.41. The Morgan fingerprint density at radius 2 is 2.10 bits per heavy atom. The smallest absolute Gasteiger partial charge is 0.271 e. The fourth-order valence-electron chi connectivity index (χ4n) is 1.48. The molecular formula is C14H10BrIN2O2. The van der Waals surface area contributed by atoms with Crippen LogP contribution in [0.25, 0.3) is 0 Å². The van der Waals surface area contributed by atoms with Crippen molar-refractivity contribution in [2.45, 2.75) is 0 Å². The average molecular weight is 445 g/mol. The van der Waals surface area contributed by atoms with E-state index < -0.39 is 0 Å². The second-order valence-electron chi connectivity index (χ2n) is 3.91. The number of amides is 1. The lowest BCUT2D eigenvalue weighted by Crippen LogP contribution is -2.17. The number of nitrogens with zero attached hydrogens (tertiary/aromatic N) is 1. The van der Waals surface area contributed by atoms with E-state index in [1.807, 2.05) is 6.07 Å². The molecule has 20 heavy (non-hydrogen) atoms. The van der Waals surface area contributed by atoms with Gasteiger partial charge in [0.25, 0.3) is 5.91 Å². The molecule has 0 aromatic heterocycles. The van der Waals surface area contributed by atoms with Gasteiger partial charge in [-0.15, -0.1) is 0 Å². The molecule has 0 unspecified atom stereocenters. The van der Waals surface area contributed by atoms with Crippen LogP contribution in [-0.2, 0) is 0 Å². The van der Waals surface area contributed by atoms with Crippen LogP contribution in [0.4, 0.5) is 0 Å². The molecule has 0 saturated heterocycles. The number of aromatic hydroxyl groups is 1. The van der Waals surface area contributed by atoms with Crippen molar-refractivity contribution in [3.05, 3.63) is 61.6 Å². The lowest BCUT2D eigenvalue weighted by Gasteiger charge is -2.01. The second kappa shape index (κ2) is 6.85. The molecule has 0 aliphatic carbocycles. The summed E-state index contributed by atoms with van der Waals surface area (Å²) in [6, 6.07) is 12.2. The highest BCUT2D eigenvalue weighted by atomic mass is 127. The highest BCUT2D eigenvalue weighted by molar-refractivity contribution is 14.1. The van der Waals surface area contributed by atoms with Crippen molar-refractivity contribution in [3.8, 4) is 5.75 Å². The van der Waals surface area contributed by atoms with Crippen molar-refractivity contribution < 1.29 is 9.90 Å². The van der Waals surface area contributed by atoms with Crippen LogP contribution >= 0.6 is 38.5 Å². The average Bonchev–Trinajstić information content (AvgIpc) is 2.42. The third-order valence-corrected chi connectivity index (χ3v) is 3.61. The Morgan fingerprint density at radius 3 is 2.85 bits per heavy atom. The molecule has 2 aromatic carbocycles. The van der Waals surface area contributed by atoms with Crippen molar-refractivity contribution in [1.82, 2.24) is 5.43 Å². The zero-order chi connectivity index (χ0) is 14.5. The first-order valence-electron chi connectivity index (χ1n) is 5.64. The minimum atomic E-state index is -0.297. The summed E-state index contributed by atoms with van der Waals surface area (Å²) >= 11 is 5.44. The summed E-state index contributed by atoms with van der Waals surface area (Å²) in [5.74, 6) is -0.199. The maximum atomic E-state index is 11.8. The summed E-state index contributed by atoms with van der Waals surface area (Å²) < 4.78 is 1.80. The molecule has 0 aliphatic rings. The number of hydrogen-bond donors (Lipinski definition) is 2. The van der Waals surface area contributed by atoms with Gasteiger partial charge in [0.1, 0.15) is 5.75 Å². The van der Waals surface area contributed by atoms with Crippen molar-refractivity contribution in [1.29, 1.82) is 0 Å². The minimum absolute atomic E-state index is 0.0976. The van der Waals surface area contributed by atoms with Crippen molar-refractivity contribution in [2.75, 3.05) is 0 Å². The second-order valence-corrected chi connectivity index (χ2v) is 6.07. The van der Waals surface area contributed by atoms with Gasteiger partial charge in [-0.3, -0.25) is 4.79 Å². The summed E-state index contributed by atoms with van der Waals surface area (Å²) in [5.41, 5.74) is 3.47. The monoisotopic (exact) mass is 444 g/mol. The standard InChI is InChI=1S/C14H10BrIN2O2/c15-11-4-5-13(19)10(6-11)8-17-18-14(20)9-2-1-3-12(16)7-9/h1-8,19H,(H,18,20)/b17-8-. The van der Waals surface area contributed by atoms with E-state index >= 15 is 0 Å². The molecule has 1 amide bonds. The molecule has 0 fully saturated rings. The number of phenolic OH excluding ortho intramolecular Hbond substituents is 1. The predicted molar refractivity (Wildman–Crippen MR) is 90.0 cm³/mol. The highest BCUT2D eigenvalue weighted by Crippen LogP contribution is 2.19. The number of phenols is 1. The van der Waals surface area contributed by atoms with Gasteiger partial charge in [-0.1, -0.05) is 22.0 Å². The van der Waals surface area contributed by atoms with E-state index in [2.05, 4.69) is 49.0 Å². The molecule has 0 bridgehead atoms. The van der Waals surface area contributed by atoms with Crippen molar-refractivity contribution in [2.24, 2.45) is 5.10 Å². The maximum absolute atomic E-state index is 11.8. The van der Waals surface area contributed by atoms with E-state index in [0.717, 1.165) is 8.04 Å². The molecule has 0 heterocycles. The molecule has 0 spiro atoms. The van der Waals surface area contributed by atoms with Crippen molar-refractivity contribution >= 4 is 50.6 Å². The van der Waals surface area contributed by atoms with Gasteiger partial charge in [0.15, 0.2) is 0 Å². The van der Waals surface area contributed by atoms with Gasteiger partial charge >= 0.3 is 0 Å². The highest BCUT2D eigenvalue weighted by Gasteiger charge is 2.04. The molecule has 2 rings (SSSR count). The predicted octanol–water partition coefficient (Wildman–Crippen LogP) is 3.52. The van der Waals surface area contributed by atoms with Crippen LogP contribution in [0.2, 0.25) is 0 Å². The molecule has 2 aromatic rings. The van der Waals surface area contributed by atoms with Gasteiger partial charge in [0.05, 0.1) is 6.21 Å². The largest absolute Gasteiger partial charge is 0.507 e. The Labute approximate surface area is 138 Å². The summed E-state index contributed by atoms with van der Waals surface area (Å²) in [7, 11) is 0. The zero-order valence-electron chi connectivity index (χ0n) is 10.2. The van der Waals surface area contributed by atoms with Crippen LogP contribution in [0.15, 0.2) is 52.0 Å². The lowest BCUT2D eigenvalue weighted by atomic mass is 10.2. The van der Waals surface area contributed by atoms with E-state index in [1.165, 1.54) is 6.21 Å². The van der Waals surface area contributed by atoms with Crippen LogP contribution in [0, 0.1) is 3.57 Å². The van der Waals surface area contributed by atoms with E-state index in [-0.39, 0.29) is 11.7 Å². The zero-order valence-corrected chi connectivity index (χ0v) is 13.9. The number of hydrogen-bond acceptors (Lipinski definition) is 3. The Hall–Kier alpha value is -1.41. The molecule has 0 saturated carbocycles. The van der Waals surface area contributed by atoms with E-state index in [0.29, 0.717) is 11.1 Å². The molecule has 102 valence electrons. The van der Waals surface area contributed by atoms with Crippen LogP contribution in [0.1, 0.15) is 15.9 Å². The van der Waals surface area contributed by atoms with Crippen molar-refractivity contribution in [3.63, 3.8) is 0 Å². The first-order valence-corrected chi connectivity index (χ1v) is 7.51. The van der Waals surface area contributed by atoms with Gasteiger partial charge in [-0.25, -0.2) is 5.43 Å². The number of rotatable bonds is 3.